The van der Waals surface area contributed by atoms with Crippen LogP contribution < -0.4 is 5.32 Å². The van der Waals surface area contributed by atoms with E-state index in [0.717, 1.165) is 5.06 Å². The molecule has 0 aromatic carbocycles. The molecule has 0 saturated heterocycles. The molecule has 18 heavy (non-hydrogen) atoms. The van der Waals surface area contributed by atoms with Crippen LogP contribution in [0, 0.1) is 0 Å². The maximum absolute atomic E-state index is 10.8. The van der Waals surface area contributed by atoms with Crippen LogP contribution >= 0.6 is 0 Å². The number of rotatable bonds is 5. The maximum Gasteiger partial charge on any atom is 0.418 e. The molecule has 0 saturated carbocycles. The van der Waals surface area contributed by atoms with Gasteiger partial charge < -0.3 is 5.32 Å². The van der Waals surface area contributed by atoms with Crippen molar-refractivity contribution < 1.29 is 17.3 Å². The molecule has 0 aliphatic carbocycles. The topological polar surface area (TPSA) is 91.2 Å². The Morgan fingerprint density at radius 2 is 1.72 bits per heavy atom. The van der Waals surface area contributed by atoms with E-state index >= 15 is 0 Å². The van der Waals surface area contributed by atoms with Crippen molar-refractivity contribution in [1.29, 1.82) is 0 Å². The zero-order valence-corrected chi connectivity index (χ0v) is 12.5. The van der Waals surface area contributed by atoms with Crippen LogP contribution in [0.4, 0.5) is 0 Å². The largest absolute Gasteiger partial charge is 0.418 e. The molecule has 0 aliphatic rings. The van der Waals surface area contributed by atoms with Crippen LogP contribution in [0.2, 0.25) is 0 Å². The van der Waals surface area contributed by atoms with Crippen molar-refractivity contribution in [2.45, 2.75) is 59.7 Å². The standard InChI is InChI=1S/C10H23N3O4S/c1-7(2)11-10(12-8(3)4)13(9(5)6)17-18(14,15)16/h7-9H,1-6H3,(H,11,12)(H,14,15,16). The first-order chi connectivity index (χ1) is 8.03. The molecule has 0 aromatic heterocycles. The predicted molar refractivity (Wildman–Crippen MR) is 70.5 cm³/mol. The highest BCUT2D eigenvalue weighted by molar-refractivity contribution is 7.80. The van der Waals surface area contributed by atoms with Crippen LogP contribution in [0.1, 0.15) is 41.5 Å². The molecule has 0 fully saturated rings. The van der Waals surface area contributed by atoms with Crippen LogP contribution in [0.3, 0.4) is 0 Å². The van der Waals surface area contributed by atoms with Crippen LogP contribution in [0.25, 0.3) is 0 Å². The monoisotopic (exact) mass is 281 g/mol. The molecule has 8 heteroatoms. The Morgan fingerprint density at radius 3 is 2.00 bits per heavy atom. The third kappa shape index (κ3) is 7.46. The lowest BCUT2D eigenvalue weighted by Gasteiger charge is -2.28. The highest BCUT2D eigenvalue weighted by Gasteiger charge is 2.23. The number of nitrogens with zero attached hydrogens (tertiary/aromatic N) is 2. The molecular weight excluding hydrogens is 258 g/mol. The lowest BCUT2D eigenvalue weighted by atomic mass is 10.3. The van der Waals surface area contributed by atoms with Gasteiger partial charge in [-0.2, -0.15) is 13.5 Å². The van der Waals surface area contributed by atoms with Gasteiger partial charge in [0, 0.05) is 12.1 Å². The van der Waals surface area contributed by atoms with Crippen molar-refractivity contribution in [1.82, 2.24) is 10.4 Å². The second-order valence-electron chi connectivity index (χ2n) is 4.77. The molecule has 0 bridgehead atoms. The van der Waals surface area contributed by atoms with Gasteiger partial charge in [0.05, 0.1) is 6.04 Å². The lowest BCUT2D eigenvalue weighted by molar-refractivity contribution is -0.0187. The van der Waals surface area contributed by atoms with Crippen LogP contribution in [-0.2, 0) is 14.7 Å². The smallest absolute Gasteiger partial charge is 0.352 e. The van der Waals surface area contributed by atoms with Crippen molar-refractivity contribution in [2.75, 3.05) is 0 Å². The average Bonchev–Trinajstić information content (AvgIpc) is 2.09. The zero-order chi connectivity index (χ0) is 14.5. The fourth-order valence-corrected chi connectivity index (χ4v) is 1.57. The Labute approximate surface area is 109 Å². The minimum atomic E-state index is -4.58. The third-order valence-electron chi connectivity index (χ3n) is 1.65. The summed E-state index contributed by atoms with van der Waals surface area (Å²) < 4.78 is 35.0. The molecular formula is C10H23N3O4S. The molecule has 0 radical (unpaired) electrons. The number of hydrogen-bond acceptors (Lipinski definition) is 4. The first-order valence-corrected chi connectivity index (χ1v) is 7.20. The summed E-state index contributed by atoms with van der Waals surface area (Å²) in [5, 5.41) is 4.03. The zero-order valence-electron chi connectivity index (χ0n) is 11.7. The second-order valence-corrected chi connectivity index (χ2v) is 5.77. The Bertz CT molecular complexity index is 377. The molecule has 0 aliphatic heterocycles. The summed E-state index contributed by atoms with van der Waals surface area (Å²) in [4.78, 5) is 4.25. The van der Waals surface area contributed by atoms with Crippen LogP contribution in [0.15, 0.2) is 4.99 Å². The summed E-state index contributed by atoms with van der Waals surface area (Å²) in [5.74, 6) is 0.271. The van der Waals surface area contributed by atoms with Gasteiger partial charge >= 0.3 is 10.4 Å². The molecule has 0 unspecified atom stereocenters. The fraction of sp³-hybridized carbons (Fsp3) is 0.900. The number of guanidine groups is 1. The van der Waals surface area contributed by atoms with E-state index < -0.39 is 10.4 Å². The molecule has 0 heterocycles. The Hall–Kier alpha value is -0.860. The summed E-state index contributed by atoms with van der Waals surface area (Å²) in [7, 11) is -4.58. The summed E-state index contributed by atoms with van der Waals surface area (Å²) in [6, 6.07) is -0.304. The maximum atomic E-state index is 10.8. The van der Waals surface area contributed by atoms with E-state index in [1.807, 2.05) is 27.7 Å². The van der Waals surface area contributed by atoms with Crippen molar-refractivity contribution in [2.24, 2.45) is 4.99 Å². The Morgan fingerprint density at radius 1 is 1.22 bits per heavy atom. The summed E-state index contributed by atoms with van der Waals surface area (Å²) in [6.07, 6.45) is 0. The second kappa shape index (κ2) is 6.91. The Balaban J connectivity index is 5.23. The molecule has 2 N–H and O–H groups in total. The van der Waals surface area contributed by atoms with E-state index in [4.69, 9.17) is 4.55 Å². The van der Waals surface area contributed by atoms with Gasteiger partial charge in [-0.1, -0.05) is 0 Å². The van der Waals surface area contributed by atoms with Gasteiger partial charge in [0.2, 0.25) is 5.96 Å². The molecule has 0 amide bonds. The van der Waals surface area contributed by atoms with Gasteiger partial charge in [0.1, 0.15) is 0 Å². The number of hydroxylamine groups is 2. The van der Waals surface area contributed by atoms with Gasteiger partial charge in [0.25, 0.3) is 0 Å². The molecule has 108 valence electrons. The van der Waals surface area contributed by atoms with E-state index in [2.05, 4.69) is 14.6 Å². The van der Waals surface area contributed by atoms with E-state index in [1.54, 1.807) is 13.8 Å². The van der Waals surface area contributed by atoms with E-state index in [0.29, 0.717) is 0 Å². The highest BCUT2D eigenvalue weighted by Crippen LogP contribution is 2.06. The Kier molecular flexibility index (Phi) is 6.58. The first-order valence-electron chi connectivity index (χ1n) is 5.83. The normalized spacial score (nSPS) is 13.6. The number of hydrogen-bond donors (Lipinski definition) is 2. The van der Waals surface area contributed by atoms with E-state index in [-0.39, 0.29) is 24.1 Å². The molecule has 0 atom stereocenters. The van der Waals surface area contributed by atoms with Gasteiger partial charge in [-0.05, 0) is 41.5 Å². The number of aliphatic imine (C=N–C) groups is 1. The van der Waals surface area contributed by atoms with Gasteiger partial charge in [-0.3, -0.25) is 4.55 Å². The summed E-state index contributed by atoms with van der Waals surface area (Å²) >= 11 is 0. The molecule has 0 aromatic rings. The SMILES string of the molecule is CC(C)N=C(NC(C)C)N(OS(=O)(=O)O)C(C)C. The lowest BCUT2D eigenvalue weighted by Crippen LogP contribution is -2.48. The van der Waals surface area contributed by atoms with Crippen molar-refractivity contribution in [3.8, 4) is 0 Å². The van der Waals surface area contributed by atoms with Crippen LogP contribution in [-0.4, -0.2) is 42.1 Å². The molecule has 7 nitrogen and oxygen atoms in total. The quantitative estimate of drug-likeness (QED) is 0.340. The third-order valence-corrected chi connectivity index (χ3v) is 2.00. The molecule has 0 rings (SSSR count). The minimum absolute atomic E-state index is 0.0440. The van der Waals surface area contributed by atoms with Crippen molar-refractivity contribution >= 4 is 16.4 Å². The van der Waals surface area contributed by atoms with Crippen molar-refractivity contribution in [3.63, 3.8) is 0 Å². The van der Waals surface area contributed by atoms with E-state index in [9.17, 15) is 8.42 Å². The fourth-order valence-electron chi connectivity index (χ4n) is 1.13. The summed E-state index contributed by atoms with van der Waals surface area (Å²) in [6.45, 7) is 10.9. The van der Waals surface area contributed by atoms with E-state index in [1.165, 1.54) is 0 Å². The highest BCUT2D eigenvalue weighted by atomic mass is 32.3. The van der Waals surface area contributed by atoms with Gasteiger partial charge in [-0.25, -0.2) is 4.99 Å². The van der Waals surface area contributed by atoms with Crippen LogP contribution in [0.5, 0.6) is 0 Å². The number of nitrogens with one attached hydrogen (secondary N) is 1. The summed E-state index contributed by atoms with van der Waals surface area (Å²) in [5.41, 5.74) is 0. The average molecular weight is 281 g/mol. The van der Waals surface area contributed by atoms with Gasteiger partial charge in [-0.15, -0.1) is 4.28 Å². The minimum Gasteiger partial charge on any atom is -0.352 e. The van der Waals surface area contributed by atoms with Gasteiger partial charge in [0.15, 0.2) is 0 Å². The van der Waals surface area contributed by atoms with Crippen molar-refractivity contribution in [3.05, 3.63) is 0 Å². The molecule has 0 spiro atoms. The predicted octanol–water partition coefficient (Wildman–Crippen LogP) is 1.19. The first kappa shape index (κ1) is 17.1.